The van der Waals surface area contributed by atoms with Gasteiger partial charge in [0.05, 0.1) is 24.2 Å². The molecular formula is C25H20ClN3O2S2. The van der Waals surface area contributed by atoms with E-state index in [0.29, 0.717) is 15.1 Å². The number of carbonyl (C=O) groups excluding carboxylic acids is 1. The number of nitrogens with zero attached hydrogens (tertiary/aromatic N) is 3. The minimum Gasteiger partial charge on any atom is -0.497 e. The van der Waals surface area contributed by atoms with Crippen molar-refractivity contribution in [3.05, 3.63) is 87.8 Å². The van der Waals surface area contributed by atoms with Gasteiger partial charge in [-0.15, -0.1) is 0 Å². The number of hydrogen-bond acceptors (Lipinski definition) is 6. The summed E-state index contributed by atoms with van der Waals surface area (Å²) in [5, 5.41) is 2.17. The molecule has 0 aromatic heterocycles. The van der Waals surface area contributed by atoms with Crippen LogP contribution in [0, 0.1) is 0 Å². The van der Waals surface area contributed by atoms with E-state index in [0.717, 1.165) is 39.3 Å². The lowest BCUT2D eigenvalue weighted by molar-refractivity contribution is -0.113. The van der Waals surface area contributed by atoms with Crippen LogP contribution < -0.4 is 14.5 Å². The highest BCUT2D eigenvalue weighted by Crippen LogP contribution is 2.52. The zero-order chi connectivity index (χ0) is 22.9. The average Bonchev–Trinajstić information content (AvgIpc) is 3.37. The first-order valence-corrected chi connectivity index (χ1v) is 12.4. The van der Waals surface area contributed by atoms with Crippen LogP contribution in [0.4, 0.5) is 17.1 Å². The van der Waals surface area contributed by atoms with Crippen LogP contribution in [0.2, 0.25) is 5.02 Å². The summed E-state index contributed by atoms with van der Waals surface area (Å²) >= 11 is 9.04. The van der Waals surface area contributed by atoms with Gasteiger partial charge in [-0.2, -0.15) is 0 Å². The second-order valence-corrected chi connectivity index (χ2v) is 9.71. The van der Waals surface area contributed by atoms with Crippen LogP contribution in [0.3, 0.4) is 0 Å². The van der Waals surface area contributed by atoms with E-state index in [1.165, 1.54) is 11.8 Å². The number of anilines is 2. The maximum atomic E-state index is 13.8. The van der Waals surface area contributed by atoms with Crippen molar-refractivity contribution >= 4 is 63.3 Å². The summed E-state index contributed by atoms with van der Waals surface area (Å²) in [5.74, 6) is 0.708. The predicted octanol–water partition coefficient (Wildman–Crippen LogP) is 6.92. The van der Waals surface area contributed by atoms with Crippen LogP contribution in [0.15, 0.2) is 92.6 Å². The van der Waals surface area contributed by atoms with Gasteiger partial charge in [0.25, 0.3) is 5.91 Å². The fourth-order valence-corrected chi connectivity index (χ4v) is 6.18. The number of methoxy groups -OCH3 is 1. The first-order valence-electron chi connectivity index (χ1n) is 10.4. The molecule has 33 heavy (non-hydrogen) atoms. The largest absolute Gasteiger partial charge is 0.497 e. The minimum absolute atomic E-state index is 0.0837. The Hall–Kier alpha value is -2.87. The van der Waals surface area contributed by atoms with Crippen LogP contribution in [-0.2, 0) is 4.79 Å². The lowest BCUT2D eigenvalue weighted by atomic mass is 10.2. The third-order valence-electron chi connectivity index (χ3n) is 5.27. The summed E-state index contributed by atoms with van der Waals surface area (Å²) in [6.07, 6.45) is 0. The number of para-hydroxylation sites is 1. The highest BCUT2D eigenvalue weighted by molar-refractivity contribution is 8.20. The second kappa shape index (κ2) is 9.17. The molecule has 0 bridgehead atoms. The Bertz CT molecular complexity index is 1280. The molecule has 5 rings (SSSR count). The van der Waals surface area contributed by atoms with Crippen LogP contribution in [0.25, 0.3) is 0 Å². The Kier molecular flexibility index (Phi) is 6.10. The number of rotatable bonds is 4. The third kappa shape index (κ3) is 4.12. The maximum absolute atomic E-state index is 13.8. The number of fused-ring (bicyclic) bond motifs is 1. The van der Waals surface area contributed by atoms with Crippen molar-refractivity contribution in [1.29, 1.82) is 0 Å². The molecule has 0 atom stereocenters. The monoisotopic (exact) mass is 493 g/mol. The van der Waals surface area contributed by atoms with Gasteiger partial charge in [0.2, 0.25) is 0 Å². The van der Waals surface area contributed by atoms with Crippen molar-refractivity contribution in [2.45, 2.75) is 11.8 Å². The zero-order valence-electron chi connectivity index (χ0n) is 18.0. The minimum atomic E-state index is -0.0837. The molecule has 0 radical (unpaired) electrons. The van der Waals surface area contributed by atoms with Gasteiger partial charge in [0.1, 0.15) is 15.7 Å². The molecule has 166 valence electrons. The van der Waals surface area contributed by atoms with Crippen LogP contribution in [0.1, 0.15) is 6.92 Å². The quantitative estimate of drug-likeness (QED) is 0.369. The molecule has 8 heteroatoms. The number of hydrogen-bond donors (Lipinski definition) is 0. The highest BCUT2D eigenvalue weighted by Gasteiger charge is 2.40. The molecule has 1 saturated heterocycles. The number of amides is 1. The number of halogens is 1. The molecule has 0 saturated carbocycles. The molecule has 2 heterocycles. The molecule has 2 aliphatic rings. The lowest BCUT2D eigenvalue weighted by Gasteiger charge is -2.19. The number of aliphatic imine (C=N–C) groups is 1. The SMILES string of the molecule is CCN1C(=C2SC(=Nc3ccc(Cl)cc3)N(c3ccccc3)C2=O)Sc2ccc(OC)cc21. The van der Waals surface area contributed by atoms with Crippen molar-refractivity contribution < 1.29 is 9.53 Å². The highest BCUT2D eigenvalue weighted by atomic mass is 35.5. The lowest BCUT2D eigenvalue weighted by Crippen LogP contribution is -2.29. The molecule has 0 aliphatic carbocycles. The Balaban J connectivity index is 1.61. The Labute approximate surface area is 206 Å². The van der Waals surface area contributed by atoms with Crippen LogP contribution >= 0.6 is 35.1 Å². The second-order valence-electron chi connectivity index (χ2n) is 7.26. The molecule has 3 aromatic carbocycles. The van der Waals surface area contributed by atoms with Gasteiger partial charge in [0, 0.05) is 22.5 Å². The summed E-state index contributed by atoms with van der Waals surface area (Å²) < 4.78 is 5.42. The summed E-state index contributed by atoms with van der Waals surface area (Å²) in [6.45, 7) is 2.81. The van der Waals surface area contributed by atoms with Crippen molar-refractivity contribution in [2.24, 2.45) is 4.99 Å². The number of ether oxygens (including phenoxy) is 1. The third-order valence-corrected chi connectivity index (χ3v) is 7.86. The van der Waals surface area contributed by atoms with Crippen molar-refractivity contribution in [3.63, 3.8) is 0 Å². The van der Waals surface area contributed by atoms with E-state index in [4.69, 9.17) is 21.3 Å². The van der Waals surface area contributed by atoms with Gasteiger partial charge in [-0.3, -0.25) is 9.69 Å². The molecule has 3 aromatic rings. The number of benzene rings is 3. The van der Waals surface area contributed by atoms with Gasteiger partial charge in [-0.05, 0) is 67.2 Å². The number of thioether (sulfide) groups is 2. The van der Waals surface area contributed by atoms with Gasteiger partial charge in [0.15, 0.2) is 5.17 Å². The Morgan fingerprint density at radius 1 is 1.00 bits per heavy atom. The smallest absolute Gasteiger partial charge is 0.274 e. The van der Waals surface area contributed by atoms with Gasteiger partial charge in [-0.1, -0.05) is 41.6 Å². The van der Waals surface area contributed by atoms with E-state index in [1.54, 1.807) is 35.9 Å². The van der Waals surface area contributed by atoms with Crippen molar-refractivity contribution in [2.75, 3.05) is 23.5 Å². The van der Waals surface area contributed by atoms with Gasteiger partial charge in [-0.25, -0.2) is 4.99 Å². The van der Waals surface area contributed by atoms with E-state index in [2.05, 4.69) is 11.8 Å². The van der Waals surface area contributed by atoms with Crippen LogP contribution in [0.5, 0.6) is 5.75 Å². The van der Waals surface area contributed by atoms with E-state index in [1.807, 2.05) is 60.7 Å². The Morgan fingerprint density at radius 3 is 2.45 bits per heavy atom. The Morgan fingerprint density at radius 2 is 1.76 bits per heavy atom. The first kappa shape index (κ1) is 21.9. The summed E-state index contributed by atoms with van der Waals surface area (Å²) in [7, 11) is 1.66. The zero-order valence-corrected chi connectivity index (χ0v) is 20.4. The molecule has 0 unspecified atom stereocenters. The molecule has 5 nitrogen and oxygen atoms in total. The number of carbonyl (C=O) groups is 1. The standard InChI is InChI=1S/C25H20ClN3O2S2/c1-3-28-20-15-19(31-2)13-14-21(20)32-24(28)22-23(30)29(18-7-5-4-6-8-18)25(33-22)27-17-11-9-16(26)10-12-17/h4-15H,3H2,1-2H3. The molecular weight excluding hydrogens is 474 g/mol. The molecule has 1 fully saturated rings. The molecule has 0 N–H and O–H groups in total. The van der Waals surface area contributed by atoms with Gasteiger partial charge >= 0.3 is 0 Å². The number of amidine groups is 1. The van der Waals surface area contributed by atoms with E-state index in [9.17, 15) is 4.79 Å². The average molecular weight is 494 g/mol. The van der Waals surface area contributed by atoms with Crippen molar-refractivity contribution in [1.82, 2.24) is 0 Å². The molecule has 0 spiro atoms. The van der Waals surface area contributed by atoms with Crippen molar-refractivity contribution in [3.8, 4) is 5.75 Å². The van der Waals surface area contributed by atoms with E-state index >= 15 is 0 Å². The summed E-state index contributed by atoms with van der Waals surface area (Å²) in [4.78, 5) is 24.2. The van der Waals surface area contributed by atoms with E-state index < -0.39 is 0 Å². The summed E-state index contributed by atoms with van der Waals surface area (Å²) in [6, 6.07) is 22.9. The summed E-state index contributed by atoms with van der Waals surface area (Å²) in [5.41, 5.74) is 2.57. The first-order chi connectivity index (χ1) is 16.1. The van der Waals surface area contributed by atoms with E-state index in [-0.39, 0.29) is 5.91 Å². The fraction of sp³-hybridized carbons (Fsp3) is 0.120. The predicted molar refractivity (Wildman–Crippen MR) is 139 cm³/mol. The topological polar surface area (TPSA) is 45.1 Å². The molecule has 2 aliphatic heterocycles. The van der Waals surface area contributed by atoms with Gasteiger partial charge < -0.3 is 9.64 Å². The molecule has 1 amide bonds. The van der Waals surface area contributed by atoms with Crippen LogP contribution in [-0.4, -0.2) is 24.7 Å². The maximum Gasteiger partial charge on any atom is 0.274 e. The fourth-order valence-electron chi connectivity index (χ4n) is 3.68. The normalized spacial score (nSPS) is 18.9.